The molecule has 2 N–H and O–H groups in total. The molecule has 0 spiro atoms. The number of nitrogens with one attached hydrogen (secondary N) is 2. The molecule has 1 aliphatic rings. The zero-order valence-electron chi connectivity index (χ0n) is 10.9. The van der Waals surface area contributed by atoms with E-state index in [1.807, 2.05) is 19.1 Å². The van der Waals surface area contributed by atoms with E-state index >= 15 is 0 Å². The minimum Gasteiger partial charge on any atom is -0.368 e. The zero-order valence-corrected chi connectivity index (χ0v) is 12.5. The maximum atomic E-state index is 11.7. The topological polar surface area (TPSA) is 44.4 Å². The molecule has 0 saturated carbocycles. The van der Waals surface area contributed by atoms with Gasteiger partial charge in [0.25, 0.3) is 5.91 Å². The van der Waals surface area contributed by atoms with Gasteiger partial charge in [-0.1, -0.05) is 11.6 Å². The van der Waals surface area contributed by atoms with Gasteiger partial charge in [-0.15, -0.1) is 12.4 Å². The molecule has 1 fully saturated rings. The molecule has 0 bridgehead atoms. The molecule has 0 radical (unpaired) electrons. The number of amides is 1. The fraction of sp³-hybridized carbons (Fsp3) is 0.462. The first-order chi connectivity index (χ1) is 8.72. The van der Waals surface area contributed by atoms with Gasteiger partial charge < -0.3 is 15.5 Å². The van der Waals surface area contributed by atoms with Crippen LogP contribution >= 0.6 is 24.0 Å². The summed E-state index contributed by atoms with van der Waals surface area (Å²) in [5.74, 6) is -0.0775. The van der Waals surface area contributed by atoms with Gasteiger partial charge in [-0.2, -0.15) is 0 Å². The summed E-state index contributed by atoms with van der Waals surface area (Å²) in [6, 6.07) is 5.50. The summed E-state index contributed by atoms with van der Waals surface area (Å²) < 4.78 is 0. The first-order valence-electron chi connectivity index (χ1n) is 6.25. The van der Waals surface area contributed by atoms with Crippen molar-refractivity contribution in [2.24, 2.45) is 0 Å². The quantitative estimate of drug-likeness (QED) is 0.897. The van der Waals surface area contributed by atoms with Crippen LogP contribution in [0.15, 0.2) is 18.2 Å². The van der Waals surface area contributed by atoms with Crippen LogP contribution < -0.4 is 15.5 Å². The van der Waals surface area contributed by atoms with Crippen LogP contribution in [0, 0.1) is 0 Å². The average molecular weight is 304 g/mol. The Morgan fingerprint density at radius 2 is 2.11 bits per heavy atom. The summed E-state index contributed by atoms with van der Waals surface area (Å²) in [6.45, 7) is 6.34. The molecule has 4 nitrogen and oxygen atoms in total. The normalized spacial score (nSPS) is 14.7. The van der Waals surface area contributed by atoms with E-state index in [4.69, 9.17) is 11.6 Å². The van der Waals surface area contributed by atoms with E-state index in [2.05, 4.69) is 15.5 Å². The van der Waals surface area contributed by atoms with Crippen LogP contribution in [0.1, 0.15) is 17.3 Å². The molecule has 0 aromatic heterocycles. The predicted molar refractivity (Wildman–Crippen MR) is 81.8 cm³/mol. The minimum atomic E-state index is -0.0775. The smallest absolute Gasteiger partial charge is 0.251 e. The third-order valence-electron chi connectivity index (χ3n) is 3.00. The van der Waals surface area contributed by atoms with Crippen molar-refractivity contribution in [1.82, 2.24) is 10.6 Å². The average Bonchev–Trinajstić information content (AvgIpc) is 2.40. The molecule has 1 heterocycles. The standard InChI is InChI=1S/C13H18ClN3O.ClH/c1-2-16-13(18)10-3-4-12(11(14)9-10)17-7-5-15-6-8-17;/h3-4,9,15H,2,5-8H2,1H3,(H,16,18);1H. The van der Waals surface area contributed by atoms with E-state index < -0.39 is 0 Å². The van der Waals surface area contributed by atoms with Crippen molar-refractivity contribution < 1.29 is 4.79 Å². The molecule has 1 aliphatic heterocycles. The molecule has 2 rings (SSSR count). The molecule has 19 heavy (non-hydrogen) atoms. The Hall–Kier alpha value is -0.970. The van der Waals surface area contributed by atoms with Gasteiger partial charge in [0.15, 0.2) is 0 Å². The highest BCUT2D eigenvalue weighted by molar-refractivity contribution is 6.33. The van der Waals surface area contributed by atoms with E-state index in [1.54, 1.807) is 6.07 Å². The summed E-state index contributed by atoms with van der Waals surface area (Å²) in [5.41, 5.74) is 1.62. The minimum absolute atomic E-state index is 0. The Morgan fingerprint density at radius 3 is 2.68 bits per heavy atom. The van der Waals surface area contributed by atoms with E-state index in [0.29, 0.717) is 17.1 Å². The van der Waals surface area contributed by atoms with Crippen molar-refractivity contribution in [2.75, 3.05) is 37.6 Å². The molecule has 6 heteroatoms. The summed E-state index contributed by atoms with van der Waals surface area (Å²) in [4.78, 5) is 13.9. The second kappa shape index (κ2) is 7.58. The summed E-state index contributed by atoms with van der Waals surface area (Å²) in [5, 5.41) is 6.71. The third kappa shape index (κ3) is 4.00. The number of nitrogens with zero attached hydrogens (tertiary/aromatic N) is 1. The number of carbonyl (C=O) groups is 1. The van der Waals surface area contributed by atoms with Gasteiger partial charge in [0.2, 0.25) is 0 Å². The van der Waals surface area contributed by atoms with Gasteiger partial charge in [0, 0.05) is 38.3 Å². The van der Waals surface area contributed by atoms with Gasteiger partial charge in [-0.3, -0.25) is 4.79 Å². The lowest BCUT2D eigenvalue weighted by molar-refractivity contribution is 0.0956. The predicted octanol–water partition coefficient (Wildman–Crippen LogP) is 1.92. The highest BCUT2D eigenvalue weighted by Gasteiger charge is 2.15. The van der Waals surface area contributed by atoms with Crippen LogP contribution in [0.3, 0.4) is 0 Å². The molecule has 0 unspecified atom stereocenters. The molecule has 1 aromatic rings. The first kappa shape index (κ1) is 16.1. The Balaban J connectivity index is 0.00000180. The van der Waals surface area contributed by atoms with Crippen LogP contribution in [0.2, 0.25) is 5.02 Å². The number of anilines is 1. The van der Waals surface area contributed by atoms with Crippen molar-refractivity contribution in [3.8, 4) is 0 Å². The second-order valence-corrected chi connectivity index (χ2v) is 4.67. The van der Waals surface area contributed by atoms with Crippen LogP contribution in [0.25, 0.3) is 0 Å². The lowest BCUT2D eigenvalue weighted by Crippen LogP contribution is -2.43. The highest BCUT2D eigenvalue weighted by Crippen LogP contribution is 2.27. The molecule has 0 atom stereocenters. The Labute approximate surface area is 124 Å². The largest absolute Gasteiger partial charge is 0.368 e. The van der Waals surface area contributed by atoms with Crippen LogP contribution in [0.5, 0.6) is 0 Å². The highest BCUT2D eigenvalue weighted by atomic mass is 35.5. The van der Waals surface area contributed by atoms with E-state index in [9.17, 15) is 4.79 Å². The van der Waals surface area contributed by atoms with Gasteiger partial charge in [0.1, 0.15) is 0 Å². The monoisotopic (exact) mass is 303 g/mol. The maximum Gasteiger partial charge on any atom is 0.251 e. The van der Waals surface area contributed by atoms with Crippen LogP contribution in [-0.4, -0.2) is 38.6 Å². The first-order valence-corrected chi connectivity index (χ1v) is 6.63. The van der Waals surface area contributed by atoms with Gasteiger partial charge >= 0.3 is 0 Å². The fourth-order valence-electron chi connectivity index (χ4n) is 2.07. The van der Waals surface area contributed by atoms with Crippen molar-refractivity contribution in [3.05, 3.63) is 28.8 Å². The van der Waals surface area contributed by atoms with Gasteiger partial charge in [0.05, 0.1) is 10.7 Å². The molecule has 1 aromatic carbocycles. The van der Waals surface area contributed by atoms with Crippen LogP contribution in [0.4, 0.5) is 5.69 Å². The Bertz CT molecular complexity index is 434. The number of hydrogen-bond acceptors (Lipinski definition) is 3. The number of halogens is 2. The van der Waals surface area contributed by atoms with Crippen molar-refractivity contribution in [2.45, 2.75) is 6.92 Å². The molecule has 1 saturated heterocycles. The molecular weight excluding hydrogens is 285 g/mol. The SMILES string of the molecule is CCNC(=O)c1ccc(N2CCNCC2)c(Cl)c1.Cl. The number of rotatable bonds is 3. The number of piperazine rings is 1. The number of hydrogen-bond donors (Lipinski definition) is 2. The summed E-state index contributed by atoms with van der Waals surface area (Å²) in [6.07, 6.45) is 0. The van der Waals surface area contributed by atoms with E-state index in [-0.39, 0.29) is 18.3 Å². The number of benzene rings is 1. The molecular formula is C13H19Cl2N3O. The fourth-order valence-corrected chi connectivity index (χ4v) is 2.37. The van der Waals surface area contributed by atoms with Gasteiger partial charge in [-0.25, -0.2) is 0 Å². The summed E-state index contributed by atoms with van der Waals surface area (Å²) >= 11 is 6.26. The van der Waals surface area contributed by atoms with E-state index in [1.165, 1.54) is 0 Å². The van der Waals surface area contributed by atoms with Crippen molar-refractivity contribution in [3.63, 3.8) is 0 Å². The van der Waals surface area contributed by atoms with Crippen molar-refractivity contribution in [1.29, 1.82) is 0 Å². The Kier molecular flexibility index (Phi) is 6.42. The maximum absolute atomic E-state index is 11.7. The molecule has 1 amide bonds. The molecule has 0 aliphatic carbocycles. The summed E-state index contributed by atoms with van der Waals surface area (Å²) in [7, 11) is 0. The van der Waals surface area contributed by atoms with Gasteiger partial charge in [-0.05, 0) is 25.1 Å². The molecule has 106 valence electrons. The zero-order chi connectivity index (χ0) is 13.0. The van der Waals surface area contributed by atoms with Crippen LogP contribution in [-0.2, 0) is 0 Å². The number of carbonyl (C=O) groups excluding carboxylic acids is 1. The Morgan fingerprint density at radius 1 is 1.42 bits per heavy atom. The third-order valence-corrected chi connectivity index (χ3v) is 3.31. The lowest BCUT2D eigenvalue weighted by Gasteiger charge is -2.30. The van der Waals surface area contributed by atoms with Crippen molar-refractivity contribution >= 4 is 35.6 Å². The second-order valence-electron chi connectivity index (χ2n) is 4.26. The lowest BCUT2D eigenvalue weighted by atomic mass is 10.1. The van der Waals surface area contributed by atoms with E-state index in [0.717, 1.165) is 31.9 Å².